The molecule has 4 aromatic carbocycles. The summed E-state index contributed by atoms with van der Waals surface area (Å²) in [5, 5.41) is 3.02. The lowest BCUT2D eigenvalue weighted by Gasteiger charge is -2.34. The van der Waals surface area contributed by atoms with Gasteiger partial charge in [0.15, 0.2) is 0 Å². The lowest BCUT2D eigenvalue weighted by Crippen LogP contribution is -2.54. The van der Waals surface area contributed by atoms with E-state index in [1.165, 1.54) is 17.0 Å². The third-order valence-electron chi connectivity index (χ3n) is 7.76. The number of carbonyl (C=O) groups is 2. The maximum atomic E-state index is 14.5. The molecule has 0 bridgehead atoms. The first kappa shape index (κ1) is 34.2. The average Bonchev–Trinajstić information content (AvgIpc) is 3.06. The van der Waals surface area contributed by atoms with Crippen LogP contribution in [0.4, 0.5) is 10.1 Å². The van der Waals surface area contributed by atoms with E-state index < -0.39 is 34.3 Å². The van der Waals surface area contributed by atoms with Crippen LogP contribution in [0.2, 0.25) is 0 Å². The van der Waals surface area contributed by atoms with Crippen LogP contribution in [0.15, 0.2) is 108 Å². The summed E-state index contributed by atoms with van der Waals surface area (Å²) >= 11 is 0. The summed E-state index contributed by atoms with van der Waals surface area (Å²) in [6.07, 6.45) is 0.888. The van der Waals surface area contributed by atoms with Gasteiger partial charge in [-0.3, -0.25) is 13.9 Å². The zero-order chi connectivity index (χ0) is 33.3. The minimum Gasteiger partial charge on any atom is -0.497 e. The number of halogens is 1. The number of hydrogen-bond donors (Lipinski definition) is 1. The summed E-state index contributed by atoms with van der Waals surface area (Å²) in [4.78, 5) is 29.7. The van der Waals surface area contributed by atoms with Gasteiger partial charge in [0.2, 0.25) is 11.8 Å². The van der Waals surface area contributed by atoms with Crippen molar-refractivity contribution < 1.29 is 27.1 Å². The molecular formula is C36H40FN3O5S. The molecule has 0 spiro atoms. The Labute approximate surface area is 270 Å². The Morgan fingerprint density at radius 2 is 1.54 bits per heavy atom. The number of ether oxygens (including phenoxy) is 1. The highest BCUT2D eigenvalue weighted by Gasteiger charge is 2.35. The minimum atomic E-state index is -4.33. The fraction of sp³-hybridized carbons (Fsp3) is 0.278. The molecule has 0 aliphatic heterocycles. The van der Waals surface area contributed by atoms with E-state index in [0.717, 1.165) is 27.6 Å². The van der Waals surface area contributed by atoms with Crippen molar-refractivity contribution >= 4 is 27.5 Å². The van der Waals surface area contributed by atoms with Gasteiger partial charge >= 0.3 is 0 Å². The van der Waals surface area contributed by atoms with E-state index in [9.17, 15) is 22.4 Å². The van der Waals surface area contributed by atoms with E-state index in [-0.39, 0.29) is 35.5 Å². The predicted octanol–water partition coefficient (Wildman–Crippen LogP) is 5.89. The van der Waals surface area contributed by atoms with Crippen LogP contribution in [0.1, 0.15) is 37.0 Å². The second-order valence-corrected chi connectivity index (χ2v) is 13.1. The van der Waals surface area contributed by atoms with Crippen molar-refractivity contribution in [3.8, 4) is 5.75 Å². The van der Waals surface area contributed by atoms with Crippen LogP contribution in [0.5, 0.6) is 5.75 Å². The fourth-order valence-electron chi connectivity index (χ4n) is 4.94. The number of nitrogens with one attached hydrogen (secondary N) is 1. The van der Waals surface area contributed by atoms with E-state index >= 15 is 0 Å². The van der Waals surface area contributed by atoms with E-state index in [1.807, 2.05) is 57.2 Å². The number of nitrogens with zero attached hydrogens (tertiary/aromatic N) is 2. The molecule has 0 heterocycles. The molecule has 0 saturated carbocycles. The Kier molecular flexibility index (Phi) is 11.5. The zero-order valence-electron chi connectivity index (χ0n) is 26.5. The molecule has 0 fully saturated rings. The molecule has 0 radical (unpaired) electrons. The van der Waals surface area contributed by atoms with Gasteiger partial charge in [0, 0.05) is 19.0 Å². The first-order chi connectivity index (χ1) is 22.0. The topological polar surface area (TPSA) is 96.0 Å². The van der Waals surface area contributed by atoms with Crippen molar-refractivity contribution in [3.63, 3.8) is 0 Å². The van der Waals surface area contributed by atoms with Crippen LogP contribution in [-0.4, -0.2) is 50.9 Å². The van der Waals surface area contributed by atoms with Crippen molar-refractivity contribution in [1.82, 2.24) is 10.2 Å². The Morgan fingerprint density at radius 1 is 0.891 bits per heavy atom. The minimum absolute atomic E-state index is 0.0137. The van der Waals surface area contributed by atoms with Crippen LogP contribution in [-0.2, 0) is 32.6 Å². The van der Waals surface area contributed by atoms with Crippen molar-refractivity contribution in [2.24, 2.45) is 0 Å². The van der Waals surface area contributed by atoms with E-state index in [0.29, 0.717) is 17.7 Å². The predicted molar refractivity (Wildman–Crippen MR) is 177 cm³/mol. The van der Waals surface area contributed by atoms with Gasteiger partial charge in [-0.2, -0.15) is 0 Å². The Morgan fingerprint density at radius 3 is 2.17 bits per heavy atom. The highest BCUT2D eigenvalue weighted by Crippen LogP contribution is 2.26. The molecule has 242 valence electrons. The number of rotatable bonds is 14. The smallest absolute Gasteiger partial charge is 0.264 e. The summed E-state index contributed by atoms with van der Waals surface area (Å²) in [5.41, 5.74) is 2.70. The Hall–Kier alpha value is -4.70. The highest BCUT2D eigenvalue weighted by atomic mass is 32.2. The molecule has 0 saturated heterocycles. The highest BCUT2D eigenvalue weighted by molar-refractivity contribution is 7.92. The molecule has 0 aromatic heterocycles. The Bertz CT molecular complexity index is 1720. The summed E-state index contributed by atoms with van der Waals surface area (Å²) < 4.78 is 48.3. The number of sulfonamides is 1. The van der Waals surface area contributed by atoms with Gasteiger partial charge < -0.3 is 15.0 Å². The molecular weight excluding hydrogens is 605 g/mol. The Balaban J connectivity index is 1.81. The van der Waals surface area contributed by atoms with Gasteiger partial charge in [0.05, 0.1) is 17.7 Å². The van der Waals surface area contributed by atoms with Crippen LogP contribution in [0.25, 0.3) is 0 Å². The molecule has 2 amide bonds. The SMILES string of the molecule is CC[C@@H](C)NC(=O)[C@H](Cc1ccccc1)N(Cc1cccc(OC)c1)C(=O)CN(c1ccc(C)cc1)S(=O)(=O)c1ccc(F)cc1. The maximum absolute atomic E-state index is 14.5. The van der Waals surface area contributed by atoms with Gasteiger partial charge in [0.1, 0.15) is 24.2 Å². The second-order valence-electron chi connectivity index (χ2n) is 11.2. The fourth-order valence-corrected chi connectivity index (χ4v) is 6.35. The number of aryl methyl sites for hydroxylation is 1. The molecule has 1 N–H and O–H groups in total. The van der Waals surface area contributed by atoms with Crippen molar-refractivity contribution in [2.45, 2.75) is 57.1 Å². The van der Waals surface area contributed by atoms with Crippen molar-refractivity contribution in [3.05, 3.63) is 126 Å². The van der Waals surface area contributed by atoms with Gasteiger partial charge in [-0.15, -0.1) is 0 Å². The molecule has 2 atom stereocenters. The van der Waals surface area contributed by atoms with Gasteiger partial charge in [-0.25, -0.2) is 12.8 Å². The van der Waals surface area contributed by atoms with E-state index in [2.05, 4.69) is 5.32 Å². The third kappa shape index (κ3) is 8.72. The number of methoxy groups -OCH3 is 1. The normalized spacial score (nSPS) is 12.5. The first-order valence-electron chi connectivity index (χ1n) is 15.1. The standard InChI is InChI=1S/C36H40FN3O5S/c1-5-27(3)38-36(42)34(23-28-10-7-6-8-11-28)39(24-29-12-9-13-32(22-29)45-4)35(41)25-40(31-18-14-26(2)15-19-31)46(43,44)33-20-16-30(37)17-21-33/h6-22,27,34H,5,23-25H2,1-4H3,(H,38,42)/t27-,34+/m1/s1. The average molecular weight is 646 g/mol. The van der Waals surface area contributed by atoms with Crippen LogP contribution >= 0.6 is 0 Å². The van der Waals surface area contributed by atoms with E-state index in [4.69, 9.17) is 4.74 Å². The largest absolute Gasteiger partial charge is 0.497 e. The molecule has 10 heteroatoms. The maximum Gasteiger partial charge on any atom is 0.264 e. The van der Waals surface area contributed by atoms with Crippen molar-refractivity contribution in [2.75, 3.05) is 18.0 Å². The van der Waals surface area contributed by atoms with E-state index in [1.54, 1.807) is 49.6 Å². The zero-order valence-corrected chi connectivity index (χ0v) is 27.3. The first-order valence-corrected chi connectivity index (χ1v) is 16.6. The number of hydrogen-bond acceptors (Lipinski definition) is 5. The van der Waals surface area contributed by atoms with Crippen LogP contribution in [0, 0.1) is 12.7 Å². The number of benzene rings is 4. The van der Waals surface area contributed by atoms with Crippen molar-refractivity contribution in [1.29, 1.82) is 0 Å². The monoisotopic (exact) mass is 645 g/mol. The summed E-state index contributed by atoms with van der Waals surface area (Å²) in [7, 11) is -2.78. The molecule has 0 unspecified atom stereocenters. The quantitative estimate of drug-likeness (QED) is 0.185. The molecule has 4 aromatic rings. The summed E-state index contributed by atoms with van der Waals surface area (Å²) in [6.45, 7) is 5.12. The lowest BCUT2D eigenvalue weighted by molar-refractivity contribution is -0.140. The lowest BCUT2D eigenvalue weighted by atomic mass is 10.0. The molecule has 0 aliphatic rings. The summed E-state index contributed by atoms with van der Waals surface area (Å²) in [5.74, 6) is -0.946. The number of carbonyl (C=O) groups excluding carboxylic acids is 2. The van der Waals surface area contributed by atoms with Gasteiger partial charge in [-0.05, 0) is 79.9 Å². The van der Waals surface area contributed by atoms with Gasteiger partial charge in [0.25, 0.3) is 10.0 Å². The van der Waals surface area contributed by atoms with Gasteiger partial charge in [-0.1, -0.05) is 67.1 Å². The number of amides is 2. The molecule has 0 aliphatic carbocycles. The molecule has 4 rings (SSSR count). The van der Waals surface area contributed by atoms with Crippen LogP contribution < -0.4 is 14.4 Å². The van der Waals surface area contributed by atoms with Crippen LogP contribution in [0.3, 0.4) is 0 Å². The molecule has 46 heavy (non-hydrogen) atoms. The third-order valence-corrected chi connectivity index (χ3v) is 9.55. The number of anilines is 1. The second kappa shape index (κ2) is 15.5. The summed E-state index contributed by atoms with van der Waals surface area (Å²) in [6, 6.07) is 26.6. The molecule has 8 nitrogen and oxygen atoms in total.